The first-order valence-electron chi connectivity index (χ1n) is 12.6. The highest BCUT2D eigenvalue weighted by Crippen LogP contribution is 2.43. The number of carbonyl (C=O) groups is 1. The molecule has 7 nitrogen and oxygen atoms in total. The van der Waals surface area contributed by atoms with Crippen molar-refractivity contribution in [3.63, 3.8) is 0 Å². The molecule has 3 aromatic carbocycles. The minimum Gasteiger partial charge on any atom is -0.494 e. The Morgan fingerprint density at radius 1 is 0.974 bits per heavy atom. The van der Waals surface area contributed by atoms with Crippen LogP contribution in [-0.4, -0.2) is 22.7 Å². The highest BCUT2D eigenvalue weighted by atomic mass is 32.2. The standard InChI is InChI=1S/C30H25N3O4S2/c1-4-36-21-12-10-20(11-13-21)25-24-26(34)22-15-18(3)7-14-23(22)37-27(24)28(35)33(25)29-31-32-30(39-29)38-16-19-8-5-17(2)6-9-19/h5-15,25H,4,16H2,1-3H3/t25-/m0/s1. The number of aryl methyl sites for hydroxylation is 2. The number of anilines is 1. The molecule has 0 saturated heterocycles. The summed E-state index contributed by atoms with van der Waals surface area (Å²) in [6.07, 6.45) is 0. The monoisotopic (exact) mass is 555 g/mol. The van der Waals surface area contributed by atoms with Crippen LogP contribution >= 0.6 is 23.1 Å². The van der Waals surface area contributed by atoms with Crippen LogP contribution < -0.4 is 15.1 Å². The van der Waals surface area contributed by atoms with E-state index < -0.39 is 11.9 Å². The average molecular weight is 556 g/mol. The van der Waals surface area contributed by atoms with Gasteiger partial charge in [-0.15, -0.1) is 10.2 Å². The van der Waals surface area contributed by atoms with Gasteiger partial charge in [0, 0.05) is 5.75 Å². The first kappa shape index (κ1) is 25.3. The molecule has 0 N–H and O–H groups in total. The number of carbonyl (C=O) groups excluding carboxylic acids is 1. The molecule has 1 aliphatic heterocycles. The second kappa shape index (κ2) is 10.3. The maximum absolute atomic E-state index is 13.8. The molecule has 0 bridgehead atoms. The van der Waals surface area contributed by atoms with Gasteiger partial charge in [0.05, 0.1) is 23.6 Å². The van der Waals surface area contributed by atoms with Crippen LogP contribution in [0.15, 0.2) is 80.3 Å². The van der Waals surface area contributed by atoms with Gasteiger partial charge in [-0.1, -0.05) is 76.7 Å². The Labute approximate surface area is 233 Å². The van der Waals surface area contributed by atoms with Crippen molar-refractivity contribution in [2.75, 3.05) is 11.5 Å². The SMILES string of the molecule is CCOc1ccc([C@H]2c3c(oc4ccc(C)cc4c3=O)C(=O)N2c2nnc(SCc3ccc(C)cc3)s2)cc1. The molecule has 0 fully saturated rings. The summed E-state index contributed by atoms with van der Waals surface area (Å²) < 4.78 is 12.4. The lowest BCUT2D eigenvalue weighted by atomic mass is 9.98. The first-order valence-corrected chi connectivity index (χ1v) is 14.4. The zero-order valence-corrected chi connectivity index (χ0v) is 23.3. The lowest BCUT2D eigenvalue weighted by Crippen LogP contribution is -2.29. The Balaban J connectivity index is 1.42. The zero-order valence-electron chi connectivity index (χ0n) is 21.6. The molecule has 1 aliphatic rings. The number of nitrogens with zero attached hydrogens (tertiary/aromatic N) is 3. The molecule has 5 aromatic rings. The molecule has 3 heterocycles. The molecule has 0 unspecified atom stereocenters. The fourth-order valence-electron chi connectivity index (χ4n) is 4.70. The fourth-order valence-corrected chi connectivity index (χ4v) is 6.52. The lowest BCUT2D eigenvalue weighted by molar-refractivity contribution is 0.0970. The van der Waals surface area contributed by atoms with Crippen molar-refractivity contribution in [3.8, 4) is 5.75 Å². The quantitative estimate of drug-likeness (QED) is 0.163. The van der Waals surface area contributed by atoms with E-state index in [1.54, 1.807) is 23.9 Å². The van der Waals surface area contributed by atoms with Gasteiger partial charge in [0.2, 0.25) is 10.9 Å². The maximum Gasteiger partial charge on any atom is 0.297 e. The van der Waals surface area contributed by atoms with Gasteiger partial charge < -0.3 is 9.15 Å². The topological polar surface area (TPSA) is 85.5 Å². The molecule has 1 amide bonds. The number of hydrogen-bond acceptors (Lipinski definition) is 8. The largest absolute Gasteiger partial charge is 0.494 e. The maximum atomic E-state index is 13.8. The number of fused-ring (bicyclic) bond motifs is 2. The van der Waals surface area contributed by atoms with E-state index in [1.165, 1.54) is 27.4 Å². The van der Waals surface area contributed by atoms with Crippen molar-refractivity contribution in [1.29, 1.82) is 0 Å². The summed E-state index contributed by atoms with van der Waals surface area (Å²) in [4.78, 5) is 29.2. The van der Waals surface area contributed by atoms with E-state index in [-0.39, 0.29) is 11.2 Å². The summed E-state index contributed by atoms with van der Waals surface area (Å²) in [6, 6.07) is 20.5. The third kappa shape index (κ3) is 4.72. The third-order valence-electron chi connectivity index (χ3n) is 6.62. The van der Waals surface area contributed by atoms with Crippen LogP contribution in [0.4, 0.5) is 5.13 Å². The highest BCUT2D eigenvalue weighted by Gasteiger charge is 2.45. The van der Waals surface area contributed by atoms with Crippen molar-refractivity contribution in [3.05, 3.63) is 111 Å². The van der Waals surface area contributed by atoms with E-state index in [0.29, 0.717) is 34.0 Å². The number of hydrogen-bond donors (Lipinski definition) is 0. The zero-order chi connectivity index (χ0) is 27.1. The Bertz CT molecular complexity index is 1740. The van der Waals surface area contributed by atoms with Crippen molar-refractivity contribution in [2.45, 2.75) is 36.9 Å². The summed E-state index contributed by atoms with van der Waals surface area (Å²) >= 11 is 2.89. The van der Waals surface area contributed by atoms with Gasteiger partial charge in [0.1, 0.15) is 11.3 Å². The number of aromatic nitrogens is 2. The van der Waals surface area contributed by atoms with Crippen LogP contribution in [0, 0.1) is 13.8 Å². The molecule has 196 valence electrons. The number of ether oxygens (including phenoxy) is 1. The minimum atomic E-state index is -0.702. The molecule has 0 radical (unpaired) electrons. The number of rotatable bonds is 7. The van der Waals surface area contributed by atoms with E-state index in [4.69, 9.17) is 9.15 Å². The second-order valence-electron chi connectivity index (χ2n) is 9.38. The van der Waals surface area contributed by atoms with Gasteiger partial charge in [-0.2, -0.15) is 0 Å². The van der Waals surface area contributed by atoms with E-state index in [0.717, 1.165) is 21.2 Å². The summed E-state index contributed by atoms with van der Waals surface area (Å²) in [6.45, 7) is 6.44. The molecule has 1 atom stereocenters. The van der Waals surface area contributed by atoms with Gasteiger partial charge in [0.15, 0.2) is 9.77 Å². The number of thioether (sulfide) groups is 1. The molecule has 6 rings (SSSR count). The molecular weight excluding hydrogens is 530 g/mol. The highest BCUT2D eigenvalue weighted by molar-refractivity contribution is 8.00. The molecule has 9 heteroatoms. The summed E-state index contributed by atoms with van der Waals surface area (Å²) in [5.74, 6) is 1.08. The molecule has 2 aromatic heterocycles. The Hall–Kier alpha value is -3.95. The average Bonchev–Trinajstić information content (AvgIpc) is 3.52. The molecule has 39 heavy (non-hydrogen) atoms. The van der Waals surface area contributed by atoms with Crippen LogP contribution in [0.25, 0.3) is 11.0 Å². The second-order valence-corrected chi connectivity index (χ2v) is 11.6. The number of amides is 1. The van der Waals surface area contributed by atoms with Gasteiger partial charge in [-0.25, -0.2) is 0 Å². The fraction of sp³-hybridized carbons (Fsp3) is 0.200. The molecule has 0 saturated carbocycles. The smallest absolute Gasteiger partial charge is 0.297 e. The number of benzene rings is 3. The van der Waals surface area contributed by atoms with Crippen LogP contribution in [0.3, 0.4) is 0 Å². The van der Waals surface area contributed by atoms with Crippen molar-refractivity contribution in [1.82, 2.24) is 10.2 Å². The predicted octanol–water partition coefficient (Wildman–Crippen LogP) is 6.70. The van der Waals surface area contributed by atoms with Crippen LogP contribution in [0.2, 0.25) is 0 Å². The summed E-state index contributed by atoms with van der Waals surface area (Å²) in [5, 5.41) is 9.60. The van der Waals surface area contributed by atoms with Crippen molar-refractivity contribution < 1.29 is 13.9 Å². The first-order chi connectivity index (χ1) is 18.9. The Kier molecular flexibility index (Phi) is 6.70. The van der Waals surface area contributed by atoms with Crippen molar-refractivity contribution in [2.24, 2.45) is 0 Å². The van der Waals surface area contributed by atoms with Crippen LogP contribution in [0.1, 0.15) is 51.3 Å². The molecular formula is C30H25N3O4S2. The summed E-state index contributed by atoms with van der Waals surface area (Å²) in [7, 11) is 0. The molecule has 0 spiro atoms. The van der Waals surface area contributed by atoms with Gasteiger partial charge in [-0.3, -0.25) is 14.5 Å². The van der Waals surface area contributed by atoms with E-state index in [2.05, 4.69) is 41.4 Å². The van der Waals surface area contributed by atoms with E-state index in [1.807, 2.05) is 44.2 Å². The van der Waals surface area contributed by atoms with Gasteiger partial charge in [0.25, 0.3) is 5.91 Å². The lowest BCUT2D eigenvalue weighted by Gasteiger charge is -2.22. The Morgan fingerprint density at radius 3 is 2.46 bits per heavy atom. The van der Waals surface area contributed by atoms with E-state index >= 15 is 0 Å². The predicted molar refractivity (Wildman–Crippen MR) is 154 cm³/mol. The minimum absolute atomic E-state index is 0.0410. The van der Waals surface area contributed by atoms with Crippen LogP contribution in [-0.2, 0) is 5.75 Å². The van der Waals surface area contributed by atoms with Gasteiger partial charge >= 0.3 is 0 Å². The van der Waals surface area contributed by atoms with Crippen molar-refractivity contribution >= 4 is 45.1 Å². The third-order valence-corrected chi connectivity index (χ3v) is 8.74. The van der Waals surface area contributed by atoms with Crippen LogP contribution in [0.5, 0.6) is 5.75 Å². The van der Waals surface area contributed by atoms with Gasteiger partial charge in [-0.05, 0) is 56.2 Å². The Morgan fingerprint density at radius 2 is 1.72 bits per heavy atom. The summed E-state index contributed by atoms with van der Waals surface area (Å²) in [5.41, 5.74) is 4.56. The normalized spacial score (nSPS) is 14.7. The van der Waals surface area contributed by atoms with E-state index in [9.17, 15) is 9.59 Å². The molecule has 0 aliphatic carbocycles.